The number of carboxylic acid groups (broad SMARTS) is 1. The van der Waals surface area contributed by atoms with Gasteiger partial charge in [-0.05, 0) is 35.9 Å². The van der Waals surface area contributed by atoms with E-state index < -0.39 is 30.2 Å². The van der Waals surface area contributed by atoms with E-state index in [1.165, 1.54) is 12.1 Å². The molecule has 2 rings (SSSR count). The first kappa shape index (κ1) is 19.6. The van der Waals surface area contributed by atoms with Crippen molar-refractivity contribution < 1.29 is 32.6 Å². The highest BCUT2D eigenvalue weighted by atomic mass is 35.5. The van der Waals surface area contributed by atoms with Crippen molar-refractivity contribution in [3.63, 3.8) is 0 Å². The number of aliphatic carboxylic acids is 1. The van der Waals surface area contributed by atoms with Crippen molar-refractivity contribution in [2.45, 2.75) is 12.8 Å². The van der Waals surface area contributed by atoms with Crippen LogP contribution in [0, 0.1) is 0 Å². The Morgan fingerprint density at radius 1 is 1.15 bits per heavy atom. The van der Waals surface area contributed by atoms with Crippen molar-refractivity contribution in [3.05, 3.63) is 64.2 Å². The van der Waals surface area contributed by atoms with Gasteiger partial charge in [0.25, 0.3) is 5.91 Å². The van der Waals surface area contributed by atoms with Crippen molar-refractivity contribution in [1.82, 2.24) is 5.32 Å². The van der Waals surface area contributed by atoms with Crippen molar-refractivity contribution >= 4 is 23.5 Å². The van der Waals surface area contributed by atoms with Gasteiger partial charge in [-0.3, -0.25) is 9.59 Å². The number of hydrogen-bond acceptors (Lipinski definition) is 3. The van der Waals surface area contributed by atoms with Gasteiger partial charge in [0.2, 0.25) is 0 Å². The van der Waals surface area contributed by atoms with Crippen LogP contribution in [0.2, 0.25) is 5.02 Å². The van der Waals surface area contributed by atoms with Gasteiger partial charge in [-0.1, -0.05) is 23.7 Å². The van der Waals surface area contributed by atoms with Crippen LogP contribution >= 0.6 is 11.6 Å². The van der Waals surface area contributed by atoms with Gasteiger partial charge >= 0.3 is 12.1 Å². The minimum absolute atomic E-state index is 0.0366. The summed E-state index contributed by atoms with van der Waals surface area (Å²) in [6, 6.07) is 8.94. The number of ether oxygens (including phenoxy) is 1. The Bertz CT molecular complexity index is 824. The molecule has 9 heteroatoms. The third-order valence-corrected chi connectivity index (χ3v) is 3.54. The molecule has 0 saturated carbocycles. The summed E-state index contributed by atoms with van der Waals surface area (Å²) in [5, 5.41) is 10.6. The molecule has 0 spiro atoms. The van der Waals surface area contributed by atoms with E-state index in [1.54, 1.807) is 12.1 Å². The molecule has 0 aromatic heterocycles. The molecule has 0 aliphatic rings. The molecular formula is C17H13ClF3NO4. The third-order valence-electron chi connectivity index (χ3n) is 3.24. The lowest BCUT2D eigenvalue weighted by Crippen LogP contribution is -2.29. The molecule has 5 nitrogen and oxygen atoms in total. The smallest absolute Gasteiger partial charge is 0.416 e. The monoisotopic (exact) mass is 387 g/mol. The summed E-state index contributed by atoms with van der Waals surface area (Å²) in [4.78, 5) is 22.3. The molecule has 0 aliphatic carbocycles. The first-order valence-electron chi connectivity index (χ1n) is 7.25. The summed E-state index contributed by atoms with van der Waals surface area (Å²) in [7, 11) is 0. The zero-order chi connectivity index (χ0) is 19.3. The number of benzene rings is 2. The van der Waals surface area contributed by atoms with Gasteiger partial charge in [0, 0.05) is 5.56 Å². The maximum Gasteiger partial charge on any atom is 0.416 e. The van der Waals surface area contributed by atoms with Gasteiger partial charge in [0.1, 0.15) is 18.9 Å². The van der Waals surface area contributed by atoms with Gasteiger partial charge in [-0.2, -0.15) is 13.2 Å². The lowest BCUT2D eigenvalue weighted by atomic mass is 10.1. The molecule has 0 fully saturated rings. The van der Waals surface area contributed by atoms with Crippen molar-refractivity contribution in [1.29, 1.82) is 0 Å². The Labute approximate surface area is 151 Å². The molecule has 0 unspecified atom stereocenters. The molecule has 0 atom stereocenters. The van der Waals surface area contributed by atoms with Crippen LogP contribution in [-0.4, -0.2) is 23.5 Å². The first-order valence-corrected chi connectivity index (χ1v) is 7.63. The summed E-state index contributed by atoms with van der Waals surface area (Å²) in [6.45, 7) is -0.550. The second-order valence-electron chi connectivity index (χ2n) is 5.21. The molecule has 0 aliphatic heterocycles. The summed E-state index contributed by atoms with van der Waals surface area (Å²) >= 11 is 5.81. The average Bonchev–Trinajstić information content (AvgIpc) is 2.58. The zero-order valence-corrected chi connectivity index (χ0v) is 13.9. The van der Waals surface area contributed by atoms with E-state index in [0.29, 0.717) is 5.56 Å². The highest BCUT2D eigenvalue weighted by Crippen LogP contribution is 2.34. The minimum Gasteiger partial charge on any atom is -0.487 e. The molecule has 2 aromatic rings. The molecule has 138 valence electrons. The SMILES string of the molecule is O=C(O)CNC(=O)c1cccc(COc2ccc(C(F)(F)F)cc2Cl)c1. The minimum atomic E-state index is -4.50. The highest BCUT2D eigenvalue weighted by Gasteiger charge is 2.31. The van der Waals surface area contributed by atoms with Crippen LogP contribution < -0.4 is 10.1 Å². The Morgan fingerprint density at radius 3 is 2.50 bits per heavy atom. The molecule has 2 N–H and O–H groups in total. The molecule has 2 aromatic carbocycles. The van der Waals surface area contributed by atoms with Crippen LogP contribution in [0.3, 0.4) is 0 Å². The third kappa shape index (κ3) is 5.38. The molecule has 0 bridgehead atoms. The quantitative estimate of drug-likeness (QED) is 0.791. The Hall–Kier alpha value is -2.74. The summed E-state index contributed by atoms with van der Waals surface area (Å²) < 4.78 is 43.2. The molecular weight excluding hydrogens is 375 g/mol. The fourth-order valence-electron chi connectivity index (χ4n) is 2.02. The first-order chi connectivity index (χ1) is 12.2. The van der Waals surface area contributed by atoms with Gasteiger partial charge in [0.15, 0.2) is 0 Å². The van der Waals surface area contributed by atoms with Gasteiger partial charge in [-0.25, -0.2) is 0 Å². The zero-order valence-electron chi connectivity index (χ0n) is 13.1. The average molecular weight is 388 g/mol. The number of carbonyl (C=O) groups is 2. The molecule has 1 amide bonds. The number of hydrogen-bond donors (Lipinski definition) is 2. The summed E-state index contributed by atoms with van der Waals surface area (Å²) in [5.74, 6) is -1.67. The number of carbonyl (C=O) groups excluding carboxylic acids is 1. The van der Waals surface area contributed by atoms with Gasteiger partial charge in [-0.15, -0.1) is 0 Å². The van der Waals surface area contributed by atoms with Crippen LogP contribution in [0.25, 0.3) is 0 Å². The predicted molar refractivity (Wildman–Crippen MR) is 87.2 cm³/mol. The topological polar surface area (TPSA) is 75.6 Å². The number of alkyl halides is 3. The van der Waals surface area contributed by atoms with Crippen LogP contribution in [0.15, 0.2) is 42.5 Å². The van der Waals surface area contributed by atoms with E-state index in [1.807, 2.05) is 0 Å². The second-order valence-corrected chi connectivity index (χ2v) is 5.62. The van der Waals surface area contributed by atoms with Crippen LogP contribution in [0.5, 0.6) is 5.75 Å². The highest BCUT2D eigenvalue weighted by molar-refractivity contribution is 6.32. The van der Waals surface area contributed by atoms with E-state index in [-0.39, 0.29) is 22.9 Å². The summed E-state index contributed by atoms with van der Waals surface area (Å²) in [5.41, 5.74) is -0.0956. The van der Waals surface area contributed by atoms with E-state index >= 15 is 0 Å². The Kier molecular flexibility index (Phi) is 6.10. The van der Waals surface area contributed by atoms with Crippen molar-refractivity contribution in [2.24, 2.45) is 0 Å². The van der Waals surface area contributed by atoms with Crippen molar-refractivity contribution in [2.75, 3.05) is 6.54 Å². The van der Waals surface area contributed by atoms with E-state index in [2.05, 4.69) is 5.32 Å². The van der Waals surface area contributed by atoms with Crippen LogP contribution in [0.1, 0.15) is 21.5 Å². The van der Waals surface area contributed by atoms with E-state index in [4.69, 9.17) is 21.4 Å². The number of nitrogens with one attached hydrogen (secondary N) is 1. The van der Waals surface area contributed by atoms with E-state index in [0.717, 1.165) is 18.2 Å². The molecule has 0 radical (unpaired) electrons. The normalized spacial score (nSPS) is 11.1. The standard InChI is InChI=1S/C17H13ClF3NO4/c18-13-7-12(17(19,20)21)4-5-14(13)26-9-10-2-1-3-11(6-10)16(25)22-8-15(23)24/h1-7H,8-9H2,(H,22,25)(H,23,24). The van der Waals surface area contributed by atoms with Gasteiger partial charge in [0.05, 0.1) is 10.6 Å². The number of rotatable bonds is 6. The molecule has 0 saturated heterocycles. The molecule has 26 heavy (non-hydrogen) atoms. The van der Waals surface area contributed by atoms with Crippen LogP contribution in [0.4, 0.5) is 13.2 Å². The van der Waals surface area contributed by atoms with Crippen molar-refractivity contribution in [3.8, 4) is 5.75 Å². The number of halogens is 4. The fourth-order valence-corrected chi connectivity index (χ4v) is 2.25. The maximum absolute atomic E-state index is 12.6. The molecule has 0 heterocycles. The second kappa shape index (κ2) is 8.09. The van der Waals surface area contributed by atoms with Gasteiger partial charge < -0.3 is 15.2 Å². The van der Waals surface area contributed by atoms with Crippen LogP contribution in [-0.2, 0) is 17.6 Å². The number of carboxylic acids is 1. The largest absolute Gasteiger partial charge is 0.487 e. The lowest BCUT2D eigenvalue weighted by molar-refractivity contribution is -0.138. The predicted octanol–water partition coefficient (Wildman–Crippen LogP) is 3.75. The van der Waals surface area contributed by atoms with E-state index in [9.17, 15) is 22.8 Å². The summed E-state index contributed by atoms with van der Waals surface area (Å²) in [6.07, 6.45) is -4.50. The maximum atomic E-state index is 12.6. The fraction of sp³-hybridized carbons (Fsp3) is 0.176. The Balaban J connectivity index is 2.05. The number of amides is 1. The lowest BCUT2D eigenvalue weighted by Gasteiger charge is -2.12. The Morgan fingerprint density at radius 2 is 1.88 bits per heavy atom.